The number of aliphatic hydroxyl groups excluding tert-OH is 1. The molecule has 1 amide bonds. The molecule has 0 radical (unpaired) electrons. The average Bonchev–Trinajstić information content (AvgIpc) is 2.97. The van der Waals surface area contributed by atoms with Crippen LogP contribution >= 0.6 is 0 Å². The van der Waals surface area contributed by atoms with Crippen molar-refractivity contribution in [2.24, 2.45) is 0 Å². The molecule has 2 aliphatic heterocycles. The fourth-order valence-corrected chi connectivity index (χ4v) is 3.46. The Bertz CT molecular complexity index is 695. The summed E-state index contributed by atoms with van der Waals surface area (Å²) in [6.45, 7) is 8.90. The van der Waals surface area contributed by atoms with Gasteiger partial charge in [-0.15, -0.1) is 0 Å². The van der Waals surface area contributed by atoms with Gasteiger partial charge in [0.1, 0.15) is 6.61 Å². The molecular formula is C19H26N2O5. The lowest BCUT2D eigenvalue weighted by atomic mass is 9.95. The molecule has 7 heteroatoms. The number of hydrogen-bond donors (Lipinski definition) is 1. The Balaban J connectivity index is 1.58. The van der Waals surface area contributed by atoms with Crippen molar-refractivity contribution in [1.29, 1.82) is 0 Å². The molecule has 0 saturated carbocycles. The minimum absolute atomic E-state index is 0.124. The van der Waals surface area contributed by atoms with E-state index in [-0.39, 0.29) is 24.8 Å². The van der Waals surface area contributed by atoms with E-state index in [0.717, 1.165) is 16.7 Å². The van der Waals surface area contributed by atoms with Crippen molar-refractivity contribution in [1.82, 2.24) is 9.80 Å². The van der Waals surface area contributed by atoms with E-state index in [2.05, 4.69) is 4.90 Å². The first-order chi connectivity index (χ1) is 12.4. The molecule has 2 heterocycles. The molecule has 2 aliphatic rings. The fourth-order valence-electron chi connectivity index (χ4n) is 3.46. The van der Waals surface area contributed by atoms with E-state index in [0.29, 0.717) is 38.3 Å². The van der Waals surface area contributed by atoms with Crippen LogP contribution in [0.4, 0.5) is 4.79 Å². The number of benzene rings is 1. The molecule has 1 unspecified atom stereocenters. The third-order valence-electron chi connectivity index (χ3n) is 4.97. The van der Waals surface area contributed by atoms with E-state index in [1.54, 1.807) is 11.0 Å². The zero-order valence-electron chi connectivity index (χ0n) is 15.5. The number of ether oxygens (including phenoxy) is 2. The summed E-state index contributed by atoms with van der Waals surface area (Å²) in [4.78, 5) is 27.4. The molecule has 0 aromatic heterocycles. The first-order valence-electron chi connectivity index (χ1n) is 9.02. The lowest BCUT2D eigenvalue weighted by Gasteiger charge is -2.35. The van der Waals surface area contributed by atoms with Crippen LogP contribution in [0.5, 0.6) is 0 Å². The van der Waals surface area contributed by atoms with Crippen molar-refractivity contribution < 1.29 is 24.2 Å². The summed E-state index contributed by atoms with van der Waals surface area (Å²) in [5, 5.41) is 10.7. The highest BCUT2D eigenvalue weighted by molar-refractivity contribution is 5.93. The van der Waals surface area contributed by atoms with E-state index in [9.17, 15) is 14.7 Å². The van der Waals surface area contributed by atoms with E-state index in [1.807, 2.05) is 26.8 Å². The van der Waals surface area contributed by atoms with Gasteiger partial charge in [-0.2, -0.15) is 0 Å². The van der Waals surface area contributed by atoms with E-state index in [4.69, 9.17) is 9.47 Å². The van der Waals surface area contributed by atoms with E-state index in [1.165, 1.54) is 0 Å². The maximum absolute atomic E-state index is 11.9. The molecular weight excluding hydrogens is 336 g/mol. The Kier molecular flexibility index (Phi) is 5.48. The summed E-state index contributed by atoms with van der Waals surface area (Å²) >= 11 is 0. The number of rotatable bonds is 4. The topological polar surface area (TPSA) is 79.3 Å². The molecule has 7 nitrogen and oxygen atoms in total. The Morgan fingerprint density at radius 1 is 1.27 bits per heavy atom. The van der Waals surface area contributed by atoms with Gasteiger partial charge in [-0.25, -0.2) is 9.59 Å². The minimum Gasteiger partial charge on any atom is -0.457 e. The maximum Gasteiger partial charge on any atom is 0.410 e. The molecule has 1 N–H and O–H groups in total. The number of β-amino-alcohol motifs (C(OH)–C–C–N with tert-alkyl or cyclic N) is 1. The van der Waals surface area contributed by atoms with Crippen LogP contribution in [0.15, 0.2) is 12.1 Å². The van der Waals surface area contributed by atoms with E-state index >= 15 is 0 Å². The second kappa shape index (κ2) is 7.63. The summed E-state index contributed by atoms with van der Waals surface area (Å²) in [6.07, 6.45) is -1.05. The quantitative estimate of drug-likeness (QED) is 0.824. The number of aliphatic hydroxyl groups is 1. The van der Waals surface area contributed by atoms with Crippen molar-refractivity contribution in [2.75, 3.05) is 32.7 Å². The van der Waals surface area contributed by atoms with Crippen molar-refractivity contribution in [2.45, 2.75) is 39.6 Å². The van der Waals surface area contributed by atoms with Gasteiger partial charge in [-0.05, 0) is 38.0 Å². The Hall–Kier alpha value is -2.12. The summed E-state index contributed by atoms with van der Waals surface area (Å²) < 4.78 is 10.3. The summed E-state index contributed by atoms with van der Waals surface area (Å²) in [5.74, 6) is -0.298. The minimum atomic E-state index is -0.648. The van der Waals surface area contributed by atoms with Gasteiger partial charge in [-0.1, -0.05) is 6.07 Å². The monoisotopic (exact) mass is 362 g/mol. The highest BCUT2D eigenvalue weighted by Gasteiger charge is 2.28. The molecule has 142 valence electrons. The van der Waals surface area contributed by atoms with Crippen LogP contribution in [0.25, 0.3) is 0 Å². The molecule has 1 fully saturated rings. The van der Waals surface area contributed by atoms with Crippen LogP contribution in [0, 0.1) is 6.92 Å². The molecule has 0 bridgehead atoms. The van der Waals surface area contributed by atoms with Crippen molar-refractivity contribution >= 4 is 12.1 Å². The van der Waals surface area contributed by atoms with Gasteiger partial charge in [0, 0.05) is 38.3 Å². The number of carbonyl (C=O) groups is 2. The number of cyclic esters (lactones) is 1. The normalized spacial score (nSPS) is 18.7. The lowest BCUT2D eigenvalue weighted by Crippen LogP contribution is -2.50. The number of carbonyl (C=O) groups excluding carboxylic acids is 2. The van der Waals surface area contributed by atoms with Crippen molar-refractivity contribution in [3.8, 4) is 0 Å². The third kappa shape index (κ3) is 3.83. The molecule has 1 saturated heterocycles. The lowest BCUT2D eigenvalue weighted by molar-refractivity contribution is 0.0440. The predicted octanol–water partition coefficient (Wildman–Crippen LogP) is 1.86. The van der Waals surface area contributed by atoms with Crippen molar-refractivity contribution in [3.05, 3.63) is 34.4 Å². The van der Waals surface area contributed by atoms with Crippen LogP contribution in [-0.2, 0) is 16.1 Å². The highest BCUT2D eigenvalue weighted by Crippen LogP contribution is 2.29. The standard InChI is InChI=1S/C19H26N2O5/c1-12(2)26-19(24)21-8-6-20(7-9-21)10-17(22)14-4-5-15-16(13(14)3)11-25-18(15)23/h4-5,12,17,22H,6-11H2,1-3H3. The number of piperazine rings is 1. The fraction of sp³-hybridized carbons (Fsp3) is 0.579. The van der Waals surface area contributed by atoms with Gasteiger partial charge in [0.05, 0.1) is 17.8 Å². The predicted molar refractivity (Wildman–Crippen MR) is 94.9 cm³/mol. The Labute approximate surface area is 153 Å². The third-order valence-corrected chi connectivity index (χ3v) is 4.97. The zero-order chi connectivity index (χ0) is 18.8. The smallest absolute Gasteiger partial charge is 0.410 e. The summed E-state index contributed by atoms with van der Waals surface area (Å²) in [7, 11) is 0. The van der Waals surface area contributed by atoms with Gasteiger partial charge in [-0.3, -0.25) is 4.90 Å². The SMILES string of the molecule is Cc1c(C(O)CN2CCN(C(=O)OC(C)C)CC2)ccc2c1COC2=O. The van der Waals surface area contributed by atoms with Gasteiger partial charge >= 0.3 is 12.1 Å². The summed E-state index contributed by atoms with van der Waals surface area (Å²) in [5.41, 5.74) is 3.20. The first kappa shape index (κ1) is 18.7. The van der Waals surface area contributed by atoms with Crippen LogP contribution < -0.4 is 0 Å². The number of fused-ring (bicyclic) bond motifs is 1. The molecule has 0 spiro atoms. The highest BCUT2D eigenvalue weighted by atomic mass is 16.6. The Morgan fingerprint density at radius 2 is 1.96 bits per heavy atom. The molecule has 26 heavy (non-hydrogen) atoms. The van der Waals surface area contributed by atoms with Gasteiger partial charge in [0.15, 0.2) is 0 Å². The number of nitrogens with zero attached hydrogens (tertiary/aromatic N) is 2. The zero-order valence-corrected chi connectivity index (χ0v) is 15.5. The van der Waals surface area contributed by atoms with Crippen LogP contribution in [0.3, 0.4) is 0 Å². The van der Waals surface area contributed by atoms with Gasteiger partial charge < -0.3 is 19.5 Å². The van der Waals surface area contributed by atoms with Crippen LogP contribution in [0.2, 0.25) is 0 Å². The second-order valence-corrected chi connectivity index (χ2v) is 7.12. The largest absolute Gasteiger partial charge is 0.457 e. The number of esters is 1. The van der Waals surface area contributed by atoms with Crippen molar-refractivity contribution in [3.63, 3.8) is 0 Å². The van der Waals surface area contributed by atoms with Crippen LogP contribution in [-0.4, -0.2) is 65.8 Å². The molecule has 1 aromatic carbocycles. The number of amides is 1. The molecule has 1 atom stereocenters. The van der Waals surface area contributed by atoms with E-state index < -0.39 is 6.10 Å². The average molecular weight is 362 g/mol. The maximum atomic E-state index is 11.9. The molecule has 0 aliphatic carbocycles. The second-order valence-electron chi connectivity index (χ2n) is 7.12. The first-order valence-corrected chi connectivity index (χ1v) is 9.02. The van der Waals surface area contributed by atoms with Gasteiger partial charge in [0.2, 0.25) is 0 Å². The van der Waals surface area contributed by atoms with Gasteiger partial charge in [0.25, 0.3) is 0 Å². The van der Waals surface area contributed by atoms with Crippen LogP contribution in [0.1, 0.15) is 47.0 Å². The summed E-state index contributed by atoms with van der Waals surface area (Å²) in [6, 6.07) is 3.54. The Morgan fingerprint density at radius 3 is 2.62 bits per heavy atom. The molecule has 3 rings (SSSR count). The number of hydrogen-bond acceptors (Lipinski definition) is 6. The molecule has 1 aromatic rings.